The SMILES string of the molecule is Nc1c(Nc2ccncc2)ncnc1Nc1cccc(Cl)c1Cl. The summed E-state index contributed by atoms with van der Waals surface area (Å²) in [5, 5.41) is 7.01. The zero-order valence-corrected chi connectivity index (χ0v) is 13.3. The molecule has 0 spiro atoms. The number of nitrogen functional groups attached to an aromatic ring is 1. The van der Waals surface area contributed by atoms with Crippen molar-refractivity contribution in [1.82, 2.24) is 15.0 Å². The number of pyridine rings is 1. The van der Waals surface area contributed by atoms with Crippen molar-refractivity contribution in [2.24, 2.45) is 0 Å². The second-order valence-electron chi connectivity index (χ2n) is 4.57. The molecule has 3 aromatic rings. The Labute approximate surface area is 142 Å². The average Bonchev–Trinajstić information content (AvgIpc) is 2.56. The standard InChI is InChI=1S/C15H12Cl2N6/c16-10-2-1-3-11(12(10)17)23-15-13(18)14(20-8-21-15)22-9-4-6-19-7-5-9/h1-8H,18H2,(H2,19,20,21,22,23). The van der Waals surface area contributed by atoms with Gasteiger partial charge in [0.25, 0.3) is 0 Å². The van der Waals surface area contributed by atoms with E-state index in [0.29, 0.717) is 33.1 Å². The molecule has 0 aliphatic carbocycles. The topological polar surface area (TPSA) is 88.8 Å². The highest BCUT2D eigenvalue weighted by Crippen LogP contribution is 2.34. The van der Waals surface area contributed by atoms with Gasteiger partial charge in [-0.2, -0.15) is 0 Å². The van der Waals surface area contributed by atoms with E-state index in [0.717, 1.165) is 5.69 Å². The third-order valence-electron chi connectivity index (χ3n) is 3.03. The molecule has 2 heterocycles. The van der Waals surface area contributed by atoms with Gasteiger partial charge in [0.1, 0.15) is 12.0 Å². The van der Waals surface area contributed by atoms with Crippen molar-refractivity contribution in [2.45, 2.75) is 0 Å². The van der Waals surface area contributed by atoms with Gasteiger partial charge >= 0.3 is 0 Å². The van der Waals surface area contributed by atoms with Crippen molar-refractivity contribution in [3.8, 4) is 0 Å². The van der Waals surface area contributed by atoms with Crippen molar-refractivity contribution in [3.05, 3.63) is 59.1 Å². The minimum Gasteiger partial charge on any atom is -0.393 e. The van der Waals surface area contributed by atoms with E-state index in [2.05, 4.69) is 25.6 Å². The molecule has 8 heteroatoms. The molecule has 0 atom stereocenters. The van der Waals surface area contributed by atoms with Crippen LogP contribution >= 0.6 is 23.2 Å². The van der Waals surface area contributed by atoms with Crippen molar-refractivity contribution in [2.75, 3.05) is 16.4 Å². The third-order valence-corrected chi connectivity index (χ3v) is 3.85. The maximum atomic E-state index is 6.16. The van der Waals surface area contributed by atoms with Gasteiger partial charge in [-0.15, -0.1) is 0 Å². The first-order valence-electron chi connectivity index (χ1n) is 6.63. The zero-order chi connectivity index (χ0) is 16.2. The van der Waals surface area contributed by atoms with E-state index in [1.54, 1.807) is 30.6 Å². The summed E-state index contributed by atoms with van der Waals surface area (Å²) in [6.07, 6.45) is 4.75. The fourth-order valence-corrected chi connectivity index (χ4v) is 2.24. The number of benzene rings is 1. The molecule has 0 unspecified atom stereocenters. The molecule has 6 nitrogen and oxygen atoms in total. The van der Waals surface area contributed by atoms with Crippen molar-refractivity contribution < 1.29 is 0 Å². The maximum absolute atomic E-state index is 6.16. The summed E-state index contributed by atoms with van der Waals surface area (Å²) >= 11 is 12.2. The molecule has 4 N–H and O–H groups in total. The molecule has 0 aliphatic rings. The Kier molecular flexibility index (Phi) is 4.45. The Bertz CT molecular complexity index is 825. The molecule has 0 bridgehead atoms. The number of nitrogens with one attached hydrogen (secondary N) is 2. The molecular formula is C15H12Cl2N6. The minimum atomic E-state index is 0.361. The van der Waals surface area contributed by atoms with Crippen LogP contribution in [0.1, 0.15) is 0 Å². The number of rotatable bonds is 4. The van der Waals surface area contributed by atoms with E-state index in [1.165, 1.54) is 6.33 Å². The van der Waals surface area contributed by atoms with Crippen molar-refractivity contribution in [1.29, 1.82) is 0 Å². The maximum Gasteiger partial charge on any atom is 0.159 e. The molecule has 0 aliphatic heterocycles. The molecule has 0 radical (unpaired) electrons. The summed E-state index contributed by atoms with van der Waals surface area (Å²) in [5.41, 5.74) is 7.91. The zero-order valence-electron chi connectivity index (χ0n) is 11.8. The summed E-state index contributed by atoms with van der Waals surface area (Å²) in [4.78, 5) is 12.3. The first kappa shape index (κ1) is 15.3. The Morgan fingerprint density at radius 2 is 1.61 bits per heavy atom. The van der Waals surface area contributed by atoms with E-state index in [4.69, 9.17) is 28.9 Å². The number of aromatic nitrogens is 3. The number of nitrogens with two attached hydrogens (primary N) is 1. The van der Waals surface area contributed by atoms with E-state index in [-0.39, 0.29) is 0 Å². The van der Waals surface area contributed by atoms with Crippen molar-refractivity contribution >= 4 is 51.9 Å². The summed E-state index contributed by atoms with van der Waals surface area (Å²) in [7, 11) is 0. The Hall–Kier alpha value is -2.57. The van der Waals surface area contributed by atoms with Crippen LogP contribution in [0.2, 0.25) is 10.0 Å². The first-order chi connectivity index (χ1) is 11.1. The number of nitrogens with zero attached hydrogens (tertiary/aromatic N) is 3. The molecule has 0 amide bonds. The third kappa shape index (κ3) is 3.44. The van der Waals surface area contributed by atoms with Crippen LogP contribution in [-0.2, 0) is 0 Å². The second kappa shape index (κ2) is 6.68. The van der Waals surface area contributed by atoms with Gasteiger partial charge in [0.2, 0.25) is 0 Å². The molecule has 3 rings (SSSR count). The van der Waals surface area contributed by atoms with Crippen LogP contribution in [0.25, 0.3) is 0 Å². The quantitative estimate of drug-likeness (QED) is 0.654. The van der Waals surface area contributed by atoms with E-state index < -0.39 is 0 Å². The van der Waals surface area contributed by atoms with Crippen LogP contribution in [0.3, 0.4) is 0 Å². The molecule has 116 valence electrons. The van der Waals surface area contributed by atoms with Gasteiger partial charge in [-0.05, 0) is 24.3 Å². The van der Waals surface area contributed by atoms with Gasteiger partial charge in [-0.1, -0.05) is 29.3 Å². The molecule has 0 fully saturated rings. The lowest BCUT2D eigenvalue weighted by atomic mass is 10.3. The summed E-state index contributed by atoms with van der Waals surface area (Å²) in [6.45, 7) is 0. The van der Waals surface area contributed by atoms with Crippen LogP contribution < -0.4 is 16.4 Å². The highest BCUT2D eigenvalue weighted by molar-refractivity contribution is 6.43. The average molecular weight is 347 g/mol. The van der Waals surface area contributed by atoms with Gasteiger partial charge in [0.15, 0.2) is 11.6 Å². The van der Waals surface area contributed by atoms with Gasteiger partial charge < -0.3 is 16.4 Å². The van der Waals surface area contributed by atoms with Gasteiger partial charge in [-0.25, -0.2) is 9.97 Å². The molecule has 0 saturated heterocycles. The van der Waals surface area contributed by atoms with E-state index in [9.17, 15) is 0 Å². The van der Waals surface area contributed by atoms with Crippen LogP contribution in [0, 0.1) is 0 Å². The lowest BCUT2D eigenvalue weighted by Gasteiger charge is -2.13. The van der Waals surface area contributed by atoms with Crippen LogP contribution in [0.4, 0.5) is 28.7 Å². The second-order valence-corrected chi connectivity index (χ2v) is 5.36. The lowest BCUT2D eigenvalue weighted by Crippen LogP contribution is -2.05. The van der Waals surface area contributed by atoms with Gasteiger partial charge in [-0.3, -0.25) is 4.98 Å². The summed E-state index contributed by atoms with van der Waals surface area (Å²) in [5.74, 6) is 0.910. The smallest absolute Gasteiger partial charge is 0.159 e. The first-order valence-corrected chi connectivity index (χ1v) is 7.39. The number of hydrogen-bond acceptors (Lipinski definition) is 6. The Morgan fingerprint density at radius 1 is 0.913 bits per heavy atom. The number of anilines is 5. The summed E-state index contributed by atoms with van der Waals surface area (Å²) < 4.78 is 0. The molecule has 0 saturated carbocycles. The molecular weight excluding hydrogens is 335 g/mol. The highest BCUT2D eigenvalue weighted by Gasteiger charge is 2.11. The van der Waals surface area contributed by atoms with Crippen molar-refractivity contribution in [3.63, 3.8) is 0 Å². The summed E-state index contributed by atoms with van der Waals surface area (Å²) in [6, 6.07) is 8.88. The predicted molar refractivity (Wildman–Crippen MR) is 93.7 cm³/mol. The normalized spacial score (nSPS) is 10.3. The van der Waals surface area contributed by atoms with Gasteiger partial charge in [0, 0.05) is 18.1 Å². The molecule has 2 aromatic heterocycles. The minimum absolute atomic E-state index is 0.361. The Morgan fingerprint density at radius 3 is 2.35 bits per heavy atom. The fourth-order valence-electron chi connectivity index (χ4n) is 1.89. The fraction of sp³-hybridized carbons (Fsp3) is 0. The predicted octanol–water partition coefficient (Wildman–Crippen LogP) is 4.25. The highest BCUT2D eigenvalue weighted by atomic mass is 35.5. The molecule has 23 heavy (non-hydrogen) atoms. The van der Waals surface area contributed by atoms with Crippen LogP contribution in [-0.4, -0.2) is 15.0 Å². The largest absolute Gasteiger partial charge is 0.393 e. The number of halogens is 2. The molecule has 1 aromatic carbocycles. The van der Waals surface area contributed by atoms with Gasteiger partial charge in [0.05, 0.1) is 15.7 Å². The monoisotopic (exact) mass is 346 g/mol. The van der Waals surface area contributed by atoms with E-state index in [1.807, 2.05) is 12.1 Å². The van der Waals surface area contributed by atoms with Crippen LogP contribution in [0.15, 0.2) is 49.1 Å². The number of hydrogen-bond donors (Lipinski definition) is 3. The lowest BCUT2D eigenvalue weighted by molar-refractivity contribution is 1.17. The Balaban J connectivity index is 1.89. The van der Waals surface area contributed by atoms with E-state index >= 15 is 0 Å². The van der Waals surface area contributed by atoms with Crippen LogP contribution in [0.5, 0.6) is 0 Å².